The normalized spacial score (nSPS) is 33.2. The van der Waals surface area contributed by atoms with Crippen LogP contribution in [-0.4, -0.2) is 36.1 Å². The lowest BCUT2D eigenvalue weighted by atomic mass is 10.0. The Morgan fingerprint density at radius 1 is 1.29 bits per heavy atom. The summed E-state index contributed by atoms with van der Waals surface area (Å²) in [7, 11) is 0. The Balaban J connectivity index is 1.45. The summed E-state index contributed by atoms with van der Waals surface area (Å²) in [5, 5.41) is 3.51. The third kappa shape index (κ3) is 1.92. The minimum absolute atomic E-state index is 0.806. The number of aromatic nitrogens is 1. The molecule has 4 rings (SSSR count). The van der Waals surface area contributed by atoms with E-state index in [1.54, 1.807) is 4.88 Å². The predicted molar refractivity (Wildman–Crippen MR) is 69.2 cm³/mol. The molecule has 1 aromatic heterocycles. The standard InChI is InChI=1S/C13H19N3S/c1-2-9(1)13-12(17-8-15-13)7-16-5-10-3-14-4-11(10)6-16/h8-11,14H,1-7H2/t10-,11+. The van der Waals surface area contributed by atoms with E-state index in [1.807, 2.05) is 16.8 Å². The Hall–Kier alpha value is -0.450. The van der Waals surface area contributed by atoms with E-state index in [9.17, 15) is 0 Å². The van der Waals surface area contributed by atoms with Crippen molar-refractivity contribution in [3.63, 3.8) is 0 Å². The Morgan fingerprint density at radius 3 is 2.76 bits per heavy atom. The highest BCUT2D eigenvalue weighted by molar-refractivity contribution is 7.09. The van der Waals surface area contributed by atoms with E-state index in [4.69, 9.17) is 0 Å². The van der Waals surface area contributed by atoms with Crippen LogP contribution >= 0.6 is 11.3 Å². The minimum Gasteiger partial charge on any atom is -0.316 e. The van der Waals surface area contributed by atoms with Gasteiger partial charge in [0, 0.05) is 30.4 Å². The Kier molecular flexibility index (Phi) is 2.49. The third-order valence-electron chi connectivity index (χ3n) is 4.47. The number of likely N-dealkylation sites (tertiary alicyclic amines) is 1. The SMILES string of the molecule is c1nc(C2CC2)c(CN2C[C@H]3CNC[C@H]3C2)s1. The maximum absolute atomic E-state index is 4.57. The number of rotatable bonds is 3. The molecule has 3 heterocycles. The number of hydrogen-bond acceptors (Lipinski definition) is 4. The first kappa shape index (κ1) is 10.5. The van der Waals surface area contributed by atoms with Gasteiger partial charge in [-0.15, -0.1) is 11.3 Å². The molecule has 2 atom stereocenters. The number of nitrogens with one attached hydrogen (secondary N) is 1. The zero-order chi connectivity index (χ0) is 11.2. The van der Waals surface area contributed by atoms with Gasteiger partial charge in [0.1, 0.15) is 0 Å². The molecule has 3 fully saturated rings. The van der Waals surface area contributed by atoms with Crippen LogP contribution in [0.3, 0.4) is 0 Å². The fourth-order valence-electron chi connectivity index (χ4n) is 3.37. The van der Waals surface area contributed by atoms with E-state index >= 15 is 0 Å². The Morgan fingerprint density at radius 2 is 2.06 bits per heavy atom. The summed E-state index contributed by atoms with van der Waals surface area (Å²) in [6.07, 6.45) is 2.73. The van der Waals surface area contributed by atoms with Crippen LogP contribution in [0.2, 0.25) is 0 Å². The van der Waals surface area contributed by atoms with Crippen molar-refractivity contribution in [3.8, 4) is 0 Å². The van der Waals surface area contributed by atoms with Gasteiger partial charge in [-0.25, -0.2) is 4.98 Å². The minimum atomic E-state index is 0.806. The lowest BCUT2D eigenvalue weighted by Gasteiger charge is -2.16. The second-order valence-electron chi connectivity index (χ2n) is 5.81. The van der Waals surface area contributed by atoms with Crippen molar-refractivity contribution in [1.82, 2.24) is 15.2 Å². The summed E-state index contributed by atoms with van der Waals surface area (Å²) < 4.78 is 0. The van der Waals surface area contributed by atoms with Crippen LogP contribution < -0.4 is 5.32 Å². The molecule has 0 aromatic carbocycles. The molecule has 1 aromatic rings. The van der Waals surface area contributed by atoms with Crippen LogP contribution in [0.25, 0.3) is 0 Å². The summed E-state index contributed by atoms with van der Waals surface area (Å²) in [4.78, 5) is 8.76. The molecule has 92 valence electrons. The second-order valence-corrected chi connectivity index (χ2v) is 6.75. The van der Waals surface area contributed by atoms with Crippen LogP contribution in [0.4, 0.5) is 0 Å². The molecule has 2 saturated heterocycles. The van der Waals surface area contributed by atoms with E-state index in [0.29, 0.717) is 0 Å². The van der Waals surface area contributed by atoms with Gasteiger partial charge in [-0.2, -0.15) is 0 Å². The molecule has 1 N–H and O–H groups in total. The molecule has 3 nitrogen and oxygen atoms in total. The van der Waals surface area contributed by atoms with Crippen LogP contribution in [0.15, 0.2) is 5.51 Å². The molecule has 0 unspecified atom stereocenters. The molecule has 2 aliphatic heterocycles. The smallest absolute Gasteiger partial charge is 0.0798 e. The van der Waals surface area contributed by atoms with E-state index in [2.05, 4.69) is 15.2 Å². The van der Waals surface area contributed by atoms with E-state index in [-0.39, 0.29) is 0 Å². The van der Waals surface area contributed by atoms with Crippen molar-refractivity contribution in [2.24, 2.45) is 11.8 Å². The number of nitrogens with zero attached hydrogens (tertiary/aromatic N) is 2. The molecule has 1 aliphatic carbocycles. The third-order valence-corrected chi connectivity index (χ3v) is 5.30. The number of hydrogen-bond donors (Lipinski definition) is 1. The topological polar surface area (TPSA) is 28.2 Å². The zero-order valence-corrected chi connectivity index (χ0v) is 10.9. The highest BCUT2D eigenvalue weighted by Gasteiger charge is 2.37. The molecule has 0 amide bonds. The average molecular weight is 249 g/mol. The quantitative estimate of drug-likeness (QED) is 0.883. The zero-order valence-electron chi connectivity index (χ0n) is 10.1. The molecule has 0 radical (unpaired) electrons. The maximum Gasteiger partial charge on any atom is 0.0798 e. The molecule has 1 saturated carbocycles. The largest absolute Gasteiger partial charge is 0.316 e. The van der Waals surface area contributed by atoms with Crippen LogP contribution in [-0.2, 0) is 6.54 Å². The Bertz CT molecular complexity index is 401. The molecular weight excluding hydrogens is 230 g/mol. The van der Waals surface area contributed by atoms with Gasteiger partial charge in [0.25, 0.3) is 0 Å². The van der Waals surface area contributed by atoms with E-state index < -0.39 is 0 Å². The summed E-state index contributed by atoms with van der Waals surface area (Å²) in [5.41, 5.74) is 3.46. The van der Waals surface area contributed by atoms with Crippen LogP contribution in [0.5, 0.6) is 0 Å². The molecule has 3 aliphatic rings. The Labute approximate surface area is 106 Å². The predicted octanol–water partition coefficient (Wildman–Crippen LogP) is 1.67. The molecule has 17 heavy (non-hydrogen) atoms. The average Bonchev–Trinajstić information content (AvgIpc) is 2.72. The first-order valence-corrected chi connectivity index (χ1v) is 7.63. The molecular formula is C13H19N3S. The van der Waals surface area contributed by atoms with Gasteiger partial charge in [0.2, 0.25) is 0 Å². The van der Waals surface area contributed by atoms with Crippen molar-refractivity contribution >= 4 is 11.3 Å². The van der Waals surface area contributed by atoms with Gasteiger partial charge < -0.3 is 5.32 Å². The van der Waals surface area contributed by atoms with Crippen molar-refractivity contribution < 1.29 is 0 Å². The van der Waals surface area contributed by atoms with Gasteiger partial charge in [0.15, 0.2) is 0 Å². The molecule has 0 bridgehead atoms. The summed E-state index contributed by atoms with van der Waals surface area (Å²) in [6, 6.07) is 0. The molecule has 4 heteroatoms. The molecule has 0 spiro atoms. The summed E-state index contributed by atoms with van der Waals surface area (Å²) in [5.74, 6) is 2.62. The lowest BCUT2D eigenvalue weighted by Crippen LogP contribution is -2.25. The monoisotopic (exact) mass is 249 g/mol. The first-order valence-electron chi connectivity index (χ1n) is 6.75. The fourth-order valence-corrected chi connectivity index (χ4v) is 4.26. The van der Waals surface area contributed by atoms with Gasteiger partial charge in [0.05, 0.1) is 11.2 Å². The van der Waals surface area contributed by atoms with Gasteiger partial charge in [-0.3, -0.25) is 4.90 Å². The lowest BCUT2D eigenvalue weighted by molar-refractivity contribution is 0.307. The van der Waals surface area contributed by atoms with Crippen LogP contribution in [0, 0.1) is 11.8 Å². The summed E-state index contributed by atoms with van der Waals surface area (Å²) in [6.45, 7) is 6.21. The van der Waals surface area contributed by atoms with Crippen molar-refractivity contribution in [1.29, 1.82) is 0 Å². The summed E-state index contributed by atoms with van der Waals surface area (Å²) >= 11 is 1.86. The van der Waals surface area contributed by atoms with Crippen LogP contribution in [0.1, 0.15) is 29.3 Å². The highest BCUT2D eigenvalue weighted by Crippen LogP contribution is 2.42. The highest BCUT2D eigenvalue weighted by atomic mass is 32.1. The van der Waals surface area contributed by atoms with E-state index in [0.717, 1.165) is 24.3 Å². The van der Waals surface area contributed by atoms with Crippen molar-refractivity contribution in [3.05, 3.63) is 16.1 Å². The fraction of sp³-hybridized carbons (Fsp3) is 0.769. The van der Waals surface area contributed by atoms with Crippen molar-refractivity contribution in [2.75, 3.05) is 26.2 Å². The number of fused-ring (bicyclic) bond motifs is 1. The van der Waals surface area contributed by atoms with Gasteiger partial charge in [-0.1, -0.05) is 0 Å². The van der Waals surface area contributed by atoms with Gasteiger partial charge in [-0.05, 0) is 37.8 Å². The van der Waals surface area contributed by atoms with Crippen molar-refractivity contribution in [2.45, 2.75) is 25.3 Å². The first-order chi connectivity index (χ1) is 8.40. The second kappa shape index (κ2) is 4.04. The number of thiazole rings is 1. The maximum atomic E-state index is 4.57. The van der Waals surface area contributed by atoms with E-state index in [1.165, 1.54) is 44.7 Å². The van der Waals surface area contributed by atoms with Gasteiger partial charge >= 0.3 is 0 Å².